The van der Waals surface area contributed by atoms with E-state index in [2.05, 4.69) is 75.8 Å². The third-order valence-electron chi connectivity index (χ3n) is 9.27. The van der Waals surface area contributed by atoms with Gasteiger partial charge in [-0.15, -0.1) is 0 Å². The van der Waals surface area contributed by atoms with Crippen LogP contribution in [0, 0.1) is 5.82 Å². The van der Waals surface area contributed by atoms with E-state index in [0.717, 1.165) is 31.5 Å². The van der Waals surface area contributed by atoms with Crippen molar-refractivity contribution >= 4 is 17.7 Å². The van der Waals surface area contributed by atoms with Crippen molar-refractivity contribution in [1.82, 2.24) is 20.0 Å². The number of amides is 3. The van der Waals surface area contributed by atoms with Gasteiger partial charge in [-0.1, -0.05) is 66.7 Å². The first-order chi connectivity index (χ1) is 20.0. The summed E-state index contributed by atoms with van der Waals surface area (Å²) in [5.74, 6) is -1.83. The van der Waals surface area contributed by atoms with E-state index in [9.17, 15) is 14.4 Å². The third kappa shape index (κ3) is 4.75. The second-order valence-electron chi connectivity index (χ2n) is 11.7. The molecule has 0 aromatic heterocycles. The molecule has 5 aliphatic heterocycles. The van der Waals surface area contributed by atoms with E-state index in [4.69, 9.17) is 0 Å². The van der Waals surface area contributed by atoms with E-state index < -0.39 is 23.7 Å². The van der Waals surface area contributed by atoms with Gasteiger partial charge in [0.05, 0.1) is 11.6 Å². The zero-order chi connectivity index (χ0) is 28.1. The number of carbonyl (C=O) groups excluding carboxylic acids is 3. The summed E-state index contributed by atoms with van der Waals surface area (Å²) in [6.07, 6.45) is 2.67. The molecule has 8 heteroatoms. The van der Waals surface area contributed by atoms with Gasteiger partial charge in [0.25, 0.3) is 5.91 Å². The van der Waals surface area contributed by atoms with Gasteiger partial charge in [-0.3, -0.25) is 29.5 Å². The Morgan fingerprint density at radius 2 is 1.54 bits per heavy atom. The average molecular weight is 553 g/mol. The summed E-state index contributed by atoms with van der Waals surface area (Å²) in [7, 11) is 0. The number of halogens is 1. The molecule has 3 aromatic carbocycles. The molecule has 1 N–H and O–H groups in total. The molecule has 0 aliphatic carbocycles. The quantitative estimate of drug-likeness (QED) is 0.468. The molecule has 4 saturated heterocycles. The number of hydrogen-bond donors (Lipinski definition) is 1. The standard InChI is InChI=1S/C33H33FN4O3/c34-27-16-21(15-24-18-38(33(41)30(24)27)28-13-14-29(39)35-32(28)40)17-36-19-26-12-11-25(36)20-37(26)31(22-7-3-1-4-8-22)23-9-5-2-6-10-23/h1-10,15-16,25-26,28,31H,11-14,17-20H2,(H,35,39,40). The van der Waals surface area contributed by atoms with Crippen LogP contribution in [0.4, 0.5) is 4.39 Å². The highest BCUT2D eigenvalue weighted by Gasteiger charge is 2.43. The molecular formula is C33H33FN4O3. The topological polar surface area (TPSA) is 73.0 Å². The molecule has 41 heavy (non-hydrogen) atoms. The molecule has 0 spiro atoms. The minimum Gasteiger partial charge on any atom is -0.322 e. The summed E-state index contributed by atoms with van der Waals surface area (Å²) < 4.78 is 15.4. The Morgan fingerprint density at radius 3 is 2.17 bits per heavy atom. The number of imide groups is 1. The van der Waals surface area contributed by atoms with Crippen LogP contribution < -0.4 is 5.32 Å². The normalized spacial score (nSPS) is 24.7. The van der Waals surface area contributed by atoms with Gasteiger partial charge in [0, 0.05) is 44.7 Å². The highest BCUT2D eigenvalue weighted by atomic mass is 19.1. The van der Waals surface area contributed by atoms with Crippen molar-refractivity contribution in [3.8, 4) is 0 Å². The first-order valence-corrected chi connectivity index (χ1v) is 14.5. The first-order valence-electron chi connectivity index (χ1n) is 14.5. The number of nitrogens with one attached hydrogen (secondary N) is 1. The third-order valence-corrected chi connectivity index (χ3v) is 9.27. The van der Waals surface area contributed by atoms with E-state index in [1.165, 1.54) is 22.1 Å². The molecule has 3 amide bonds. The predicted molar refractivity (Wildman–Crippen MR) is 151 cm³/mol. The lowest BCUT2D eigenvalue weighted by molar-refractivity contribution is -0.136. The summed E-state index contributed by atoms with van der Waals surface area (Å²) in [6.45, 7) is 2.64. The fourth-order valence-corrected chi connectivity index (χ4v) is 7.35. The molecule has 5 aliphatic rings. The van der Waals surface area contributed by atoms with Crippen molar-refractivity contribution in [1.29, 1.82) is 0 Å². The summed E-state index contributed by atoms with van der Waals surface area (Å²) >= 11 is 0. The van der Waals surface area contributed by atoms with E-state index in [0.29, 0.717) is 24.2 Å². The Balaban J connectivity index is 1.09. The summed E-state index contributed by atoms with van der Waals surface area (Å²) in [4.78, 5) is 43.6. The van der Waals surface area contributed by atoms with Crippen LogP contribution in [0.2, 0.25) is 0 Å². The van der Waals surface area contributed by atoms with Crippen molar-refractivity contribution in [2.75, 3.05) is 13.1 Å². The van der Waals surface area contributed by atoms with Gasteiger partial charge in [0.1, 0.15) is 11.9 Å². The number of hydrogen-bond acceptors (Lipinski definition) is 5. The molecule has 3 unspecified atom stereocenters. The highest BCUT2D eigenvalue weighted by Crippen LogP contribution is 2.39. The van der Waals surface area contributed by atoms with Crippen molar-refractivity contribution in [2.24, 2.45) is 0 Å². The largest absolute Gasteiger partial charge is 0.322 e. The summed E-state index contributed by atoms with van der Waals surface area (Å²) in [6, 6.07) is 25.0. The monoisotopic (exact) mass is 552 g/mol. The van der Waals surface area contributed by atoms with Crippen LogP contribution >= 0.6 is 0 Å². The fraction of sp³-hybridized carbons (Fsp3) is 0.364. The Hall–Kier alpha value is -3.88. The maximum absolute atomic E-state index is 15.4. The lowest BCUT2D eigenvalue weighted by Crippen LogP contribution is -2.62. The molecule has 7 nitrogen and oxygen atoms in total. The second-order valence-corrected chi connectivity index (χ2v) is 11.7. The smallest absolute Gasteiger partial charge is 0.258 e. The maximum Gasteiger partial charge on any atom is 0.258 e. The number of piperidine rings is 3. The minimum atomic E-state index is -0.749. The number of piperazine rings is 1. The maximum atomic E-state index is 15.4. The molecule has 8 rings (SSSR count). The predicted octanol–water partition coefficient (Wildman–Crippen LogP) is 4.02. The molecule has 0 saturated carbocycles. The number of nitrogens with zero attached hydrogens (tertiary/aromatic N) is 3. The van der Waals surface area contributed by atoms with Gasteiger partial charge in [-0.25, -0.2) is 4.39 Å². The van der Waals surface area contributed by atoms with Crippen molar-refractivity contribution in [2.45, 2.75) is 62.9 Å². The van der Waals surface area contributed by atoms with Gasteiger partial charge in [0.15, 0.2) is 0 Å². The fourth-order valence-electron chi connectivity index (χ4n) is 7.35. The van der Waals surface area contributed by atoms with Crippen LogP contribution in [0.1, 0.15) is 64.3 Å². The van der Waals surface area contributed by atoms with Crippen LogP contribution in [0.5, 0.6) is 0 Å². The molecule has 2 bridgehead atoms. The summed E-state index contributed by atoms with van der Waals surface area (Å²) in [5.41, 5.74) is 4.11. The lowest BCUT2D eigenvalue weighted by atomic mass is 9.85. The van der Waals surface area contributed by atoms with Crippen molar-refractivity contribution in [3.63, 3.8) is 0 Å². The molecule has 4 fully saturated rings. The van der Waals surface area contributed by atoms with Crippen LogP contribution in [-0.4, -0.2) is 63.6 Å². The Labute approximate surface area is 238 Å². The van der Waals surface area contributed by atoms with Gasteiger partial charge >= 0.3 is 0 Å². The van der Waals surface area contributed by atoms with Gasteiger partial charge in [-0.05, 0) is 47.6 Å². The Morgan fingerprint density at radius 1 is 0.854 bits per heavy atom. The number of rotatable bonds is 6. The van der Waals surface area contributed by atoms with E-state index in [1.54, 1.807) is 0 Å². The van der Waals surface area contributed by atoms with Gasteiger partial charge < -0.3 is 4.90 Å². The molecular weight excluding hydrogens is 519 g/mol. The van der Waals surface area contributed by atoms with E-state index in [1.807, 2.05) is 6.07 Å². The molecule has 3 aromatic rings. The first kappa shape index (κ1) is 26.0. The summed E-state index contributed by atoms with van der Waals surface area (Å²) in [5, 5.41) is 2.31. The van der Waals surface area contributed by atoms with Gasteiger partial charge in [-0.2, -0.15) is 0 Å². The van der Waals surface area contributed by atoms with Crippen molar-refractivity contribution in [3.05, 3.63) is 106 Å². The zero-order valence-corrected chi connectivity index (χ0v) is 22.8. The second kappa shape index (κ2) is 10.5. The lowest BCUT2D eigenvalue weighted by Gasteiger charge is -2.54. The van der Waals surface area contributed by atoms with Crippen LogP contribution in [0.3, 0.4) is 0 Å². The average Bonchev–Trinajstić information content (AvgIpc) is 3.31. The number of benzene rings is 3. The minimum absolute atomic E-state index is 0.0540. The van der Waals surface area contributed by atoms with Gasteiger partial charge in [0.2, 0.25) is 11.8 Å². The zero-order valence-electron chi connectivity index (χ0n) is 22.8. The Kier molecular flexibility index (Phi) is 6.67. The SMILES string of the molecule is O=C1CCC(N2Cc3cc(CN4CC5CCC4CN5C(c4ccccc4)c4ccccc4)cc(F)c3C2=O)C(=O)N1. The number of carbonyl (C=O) groups is 3. The van der Waals surface area contributed by atoms with Crippen LogP contribution in [0.25, 0.3) is 0 Å². The van der Waals surface area contributed by atoms with E-state index >= 15 is 4.39 Å². The van der Waals surface area contributed by atoms with Crippen molar-refractivity contribution < 1.29 is 18.8 Å². The molecule has 3 atom stereocenters. The van der Waals surface area contributed by atoms with Crippen LogP contribution in [-0.2, 0) is 22.7 Å². The Bertz CT molecular complexity index is 1460. The highest BCUT2D eigenvalue weighted by molar-refractivity contribution is 6.05. The molecule has 0 radical (unpaired) electrons. The number of fused-ring (bicyclic) bond motifs is 4. The molecule has 210 valence electrons. The van der Waals surface area contributed by atoms with Crippen LogP contribution in [0.15, 0.2) is 72.8 Å². The molecule has 5 heterocycles. The van der Waals surface area contributed by atoms with E-state index in [-0.39, 0.29) is 36.9 Å².